The van der Waals surface area contributed by atoms with Gasteiger partial charge in [0.2, 0.25) is 5.91 Å². The molecule has 0 aromatic rings. The summed E-state index contributed by atoms with van der Waals surface area (Å²) in [5.74, 6) is 1.02. The van der Waals surface area contributed by atoms with Crippen molar-refractivity contribution < 1.29 is 4.79 Å². The molecule has 1 heterocycles. The van der Waals surface area contributed by atoms with Gasteiger partial charge in [-0.05, 0) is 51.6 Å². The van der Waals surface area contributed by atoms with E-state index >= 15 is 0 Å². The Kier molecular flexibility index (Phi) is 6.49. The first-order chi connectivity index (χ1) is 10.1. The fraction of sp³-hybridized carbons (Fsp3) is 0.941. The molecule has 0 radical (unpaired) electrons. The highest BCUT2D eigenvalue weighted by atomic mass is 16.2. The summed E-state index contributed by atoms with van der Waals surface area (Å²) in [5.41, 5.74) is 0. The van der Waals surface area contributed by atoms with Crippen LogP contribution in [0.25, 0.3) is 0 Å². The highest BCUT2D eigenvalue weighted by Crippen LogP contribution is 2.32. The molecule has 0 aromatic carbocycles. The van der Waals surface area contributed by atoms with Gasteiger partial charge in [-0.15, -0.1) is 0 Å². The molecule has 0 spiro atoms. The SMILES string of the molecule is CCN(CC)CC(C)NC(=O)C1CCC2CCCCC2N1. The smallest absolute Gasteiger partial charge is 0.237 e. The number of carbonyl (C=O) groups excluding carboxylic acids is 1. The third-order valence-electron chi connectivity index (χ3n) is 5.28. The van der Waals surface area contributed by atoms with Gasteiger partial charge < -0.3 is 15.5 Å². The van der Waals surface area contributed by atoms with Gasteiger partial charge in [0, 0.05) is 18.6 Å². The number of carbonyl (C=O) groups is 1. The fourth-order valence-corrected chi connectivity index (χ4v) is 3.96. The Balaban J connectivity index is 1.77. The van der Waals surface area contributed by atoms with Gasteiger partial charge in [-0.1, -0.05) is 26.7 Å². The lowest BCUT2D eigenvalue weighted by molar-refractivity contribution is -0.125. The first kappa shape index (κ1) is 16.8. The van der Waals surface area contributed by atoms with Crippen LogP contribution in [0.3, 0.4) is 0 Å². The molecule has 1 aliphatic heterocycles. The first-order valence-corrected chi connectivity index (χ1v) is 8.92. The predicted molar refractivity (Wildman–Crippen MR) is 87.3 cm³/mol. The lowest BCUT2D eigenvalue weighted by Gasteiger charge is -2.40. The molecule has 2 fully saturated rings. The Bertz CT molecular complexity index is 330. The van der Waals surface area contributed by atoms with Crippen LogP contribution in [-0.2, 0) is 4.79 Å². The molecule has 4 nitrogen and oxygen atoms in total. The van der Waals surface area contributed by atoms with E-state index in [1.165, 1.54) is 32.1 Å². The van der Waals surface area contributed by atoms with Gasteiger partial charge in [-0.25, -0.2) is 0 Å². The molecule has 21 heavy (non-hydrogen) atoms. The molecular formula is C17H33N3O. The van der Waals surface area contributed by atoms with Crippen LogP contribution < -0.4 is 10.6 Å². The maximum atomic E-state index is 12.4. The third-order valence-corrected chi connectivity index (χ3v) is 5.28. The number of rotatable bonds is 6. The Morgan fingerprint density at radius 2 is 1.90 bits per heavy atom. The summed E-state index contributed by atoms with van der Waals surface area (Å²) in [6, 6.07) is 0.841. The zero-order chi connectivity index (χ0) is 15.2. The fourth-order valence-electron chi connectivity index (χ4n) is 3.96. The van der Waals surface area contributed by atoms with Gasteiger partial charge in [0.05, 0.1) is 6.04 Å². The molecule has 0 aromatic heterocycles. The van der Waals surface area contributed by atoms with E-state index in [0.717, 1.165) is 32.0 Å². The van der Waals surface area contributed by atoms with E-state index in [1.54, 1.807) is 0 Å². The molecule has 0 bridgehead atoms. The minimum Gasteiger partial charge on any atom is -0.351 e. The summed E-state index contributed by atoms with van der Waals surface area (Å²) in [5, 5.41) is 6.82. The van der Waals surface area contributed by atoms with E-state index in [9.17, 15) is 4.79 Å². The molecule has 4 unspecified atom stereocenters. The van der Waals surface area contributed by atoms with Crippen molar-refractivity contribution in [1.82, 2.24) is 15.5 Å². The number of hydrogen-bond acceptors (Lipinski definition) is 3. The van der Waals surface area contributed by atoms with Crippen molar-refractivity contribution in [3.63, 3.8) is 0 Å². The van der Waals surface area contributed by atoms with Crippen molar-refractivity contribution in [3.05, 3.63) is 0 Å². The second-order valence-corrected chi connectivity index (χ2v) is 6.84. The topological polar surface area (TPSA) is 44.4 Å². The highest BCUT2D eigenvalue weighted by Gasteiger charge is 2.34. The Hall–Kier alpha value is -0.610. The lowest BCUT2D eigenvalue weighted by Crippen LogP contribution is -2.56. The van der Waals surface area contributed by atoms with Crippen LogP contribution in [0, 0.1) is 5.92 Å². The monoisotopic (exact) mass is 295 g/mol. The number of hydrogen-bond donors (Lipinski definition) is 2. The average molecular weight is 295 g/mol. The summed E-state index contributed by atoms with van der Waals surface area (Å²) in [7, 11) is 0. The van der Waals surface area contributed by atoms with Gasteiger partial charge >= 0.3 is 0 Å². The van der Waals surface area contributed by atoms with Crippen molar-refractivity contribution in [3.8, 4) is 0 Å². The molecule has 122 valence electrons. The maximum Gasteiger partial charge on any atom is 0.237 e. The van der Waals surface area contributed by atoms with E-state index in [4.69, 9.17) is 0 Å². The van der Waals surface area contributed by atoms with Crippen LogP contribution in [0.5, 0.6) is 0 Å². The van der Waals surface area contributed by atoms with Crippen molar-refractivity contribution in [2.24, 2.45) is 5.92 Å². The van der Waals surface area contributed by atoms with Crippen LogP contribution in [0.4, 0.5) is 0 Å². The largest absolute Gasteiger partial charge is 0.351 e. The average Bonchev–Trinajstić information content (AvgIpc) is 2.52. The molecule has 2 rings (SSSR count). The quantitative estimate of drug-likeness (QED) is 0.789. The van der Waals surface area contributed by atoms with Crippen LogP contribution in [0.1, 0.15) is 59.3 Å². The summed E-state index contributed by atoms with van der Waals surface area (Å²) >= 11 is 0. The van der Waals surface area contributed by atoms with Gasteiger partial charge in [0.25, 0.3) is 0 Å². The minimum absolute atomic E-state index is 0.0310. The van der Waals surface area contributed by atoms with Crippen molar-refractivity contribution in [1.29, 1.82) is 0 Å². The van der Waals surface area contributed by atoms with Gasteiger partial charge in [-0.3, -0.25) is 4.79 Å². The molecule has 1 saturated heterocycles. The number of nitrogens with zero attached hydrogens (tertiary/aromatic N) is 1. The Morgan fingerprint density at radius 3 is 2.62 bits per heavy atom. The Morgan fingerprint density at radius 1 is 1.19 bits per heavy atom. The molecular weight excluding hydrogens is 262 g/mol. The molecule has 2 aliphatic rings. The van der Waals surface area contributed by atoms with Crippen LogP contribution in [0.15, 0.2) is 0 Å². The van der Waals surface area contributed by atoms with Gasteiger partial charge in [0.15, 0.2) is 0 Å². The second kappa shape index (κ2) is 8.14. The van der Waals surface area contributed by atoms with E-state index < -0.39 is 0 Å². The molecule has 1 saturated carbocycles. The van der Waals surface area contributed by atoms with E-state index in [2.05, 4.69) is 36.3 Å². The first-order valence-electron chi connectivity index (χ1n) is 8.92. The number of nitrogens with one attached hydrogen (secondary N) is 2. The summed E-state index contributed by atoms with van der Waals surface area (Å²) in [6.45, 7) is 9.48. The van der Waals surface area contributed by atoms with E-state index in [1.807, 2.05) is 0 Å². The third kappa shape index (κ3) is 4.68. The maximum absolute atomic E-state index is 12.4. The number of likely N-dealkylation sites (N-methyl/N-ethyl adjacent to an activating group) is 1. The minimum atomic E-state index is 0.0310. The summed E-state index contributed by atoms with van der Waals surface area (Å²) in [6.07, 6.45) is 7.53. The standard InChI is InChI=1S/C17H33N3O/c1-4-20(5-2)12-13(3)18-17(21)16-11-10-14-8-6-7-9-15(14)19-16/h13-16,19H,4-12H2,1-3H3,(H,18,21). The highest BCUT2D eigenvalue weighted by molar-refractivity contribution is 5.82. The van der Waals surface area contributed by atoms with Gasteiger partial charge in [-0.2, -0.15) is 0 Å². The second-order valence-electron chi connectivity index (χ2n) is 6.84. The van der Waals surface area contributed by atoms with Crippen LogP contribution in [0.2, 0.25) is 0 Å². The predicted octanol–water partition coefficient (Wildman–Crippen LogP) is 2.14. The van der Waals surface area contributed by atoms with Crippen molar-refractivity contribution in [2.75, 3.05) is 19.6 Å². The van der Waals surface area contributed by atoms with Crippen molar-refractivity contribution in [2.45, 2.75) is 77.4 Å². The molecule has 4 atom stereocenters. The van der Waals surface area contributed by atoms with E-state index in [0.29, 0.717) is 6.04 Å². The van der Waals surface area contributed by atoms with Crippen LogP contribution >= 0.6 is 0 Å². The number of piperidine rings is 1. The number of amides is 1. The summed E-state index contributed by atoms with van der Waals surface area (Å²) in [4.78, 5) is 14.8. The lowest BCUT2D eigenvalue weighted by atomic mass is 9.77. The van der Waals surface area contributed by atoms with E-state index in [-0.39, 0.29) is 18.0 Å². The zero-order valence-electron chi connectivity index (χ0n) is 14.0. The van der Waals surface area contributed by atoms with Crippen LogP contribution in [-0.4, -0.2) is 48.6 Å². The molecule has 2 N–H and O–H groups in total. The molecule has 4 heteroatoms. The number of fused-ring (bicyclic) bond motifs is 1. The normalized spacial score (nSPS) is 30.8. The Labute approximate surface area is 130 Å². The summed E-state index contributed by atoms with van der Waals surface area (Å²) < 4.78 is 0. The molecule has 1 aliphatic carbocycles. The van der Waals surface area contributed by atoms with Crippen molar-refractivity contribution >= 4 is 5.91 Å². The van der Waals surface area contributed by atoms with Gasteiger partial charge in [0.1, 0.15) is 0 Å². The molecule has 1 amide bonds. The zero-order valence-corrected chi connectivity index (χ0v) is 14.0.